The van der Waals surface area contributed by atoms with Gasteiger partial charge in [0.1, 0.15) is 5.82 Å². The molecule has 2 aromatic rings. The third-order valence-electron chi connectivity index (χ3n) is 6.01. The van der Waals surface area contributed by atoms with Crippen LogP contribution in [-0.2, 0) is 27.4 Å². The Labute approximate surface area is 197 Å². The molecule has 11 heteroatoms. The van der Waals surface area contributed by atoms with Crippen molar-refractivity contribution < 1.29 is 26.4 Å². The second-order valence-corrected chi connectivity index (χ2v) is 10.4. The number of aryl methyl sites for hydroxylation is 1. The summed E-state index contributed by atoms with van der Waals surface area (Å²) in [6.07, 6.45) is -0.365. The summed E-state index contributed by atoms with van der Waals surface area (Å²) >= 11 is 0. The number of hydrogen-bond donors (Lipinski definition) is 1. The van der Waals surface area contributed by atoms with E-state index in [2.05, 4.69) is 9.71 Å². The van der Waals surface area contributed by atoms with Gasteiger partial charge in [-0.2, -0.15) is 13.2 Å². The minimum Gasteiger partial charge on any atom is -0.355 e. The lowest BCUT2D eigenvalue weighted by atomic mass is 10.1. The van der Waals surface area contributed by atoms with Crippen LogP contribution in [0.25, 0.3) is 0 Å². The molecule has 4 rings (SSSR count). The summed E-state index contributed by atoms with van der Waals surface area (Å²) < 4.78 is 65.4. The molecule has 34 heavy (non-hydrogen) atoms. The monoisotopic (exact) mass is 496 g/mol. The lowest BCUT2D eigenvalue weighted by Gasteiger charge is -2.23. The number of pyridine rings is 1. The third-order valence-corrected chi connectivity index (χ3v) is 7.54. The number of hydrogen-bond acceptors (Lipinski definition) is 5. The Kier molecular flexibility index (Phi) is 7.13. The zero-order valence-corrected chi connectivity index (χ0v) is 19.4. The lowest BCUT2D eigenvalue weighted by molar-refractivity contribution is -0.137. The van der Waals surface area contributed by atoms with Gasteiger partial charge in [0.15, 0.2) is 0 Å². The minimum absolute atomic E-state index is 0.00525. The molecule has 2 aliphatic rings. The molecule has 0 bridgehead atoms. The quantitative estimate of drug-likeness (QED) is 0.637. The summed E-state index contributed by atoms with van der Waals surface area (Å²) in [5, 5.41) is 0. The topological polar surface area (TPSA) is 82.6 Å². The van der Waals surface area contributed by atoms with Crippen LogP contribution in [0.5, 0.6) is 0 Å². The van der Waals surface area contributed by atoms with E-state index in [0.717, 1.165) is 30.7 Å². The molecule has 0 unspecified atom stereocenters. The van der Waals surface area contributed by atoms with E-state index < -0.39 is 21.8 Å². The molecule has 1 amide bonds. The number of benzene rings is 1. The van der Waals surface area contributed by atoms with Gasteiger partial charge in [-0.05, 0) is 55.5 Å². The van der Waals surface area contributed by atoms with Crippen LogP contribution in [0.15, 0.2) is 47.5 Å². The molecule has 0 radical (unpaired) electrons. The number of nitrogens with zero attached hydrogens (tertiary/aromatic N) is 3. The number of aromatic nitrogens is 1. The van der Waals surface area contributed by atoms with E-state index in [1.54, 1.807) is 29.2 Å². The largest absolute Gasteiger partial charge is 0.417 e. The SMILES string of the molecule is O=C(CCc1ccc(S(=O)(=O)NC2CC2)cc1)N1CCCN(c2ccc(C(F)(F)F)cn2)CC1. The van der Waals surface area contributed by atoms with Crippen LogP contribution >= 0.6 is 0 Å². The summed E-state index contributed by atoms with van der Waals surface area (Å²) in [6.45, 7) is 2.13. The first-order chi connectivity index (χ1) is 16.1. The Bertz CT molecular complexity index is 1100. The number of carbonyl (C=O) groups is 1. The summed E-state index contributed by atoms with van der Waals surface area (Å²) in [4.78, 5) is 20.6. The second kappa shape index (κ2) is 9.91. The van der Waals surface area contributed by atoms with Crippen LogP contribution in [0, 0.1) is 0 Å². The van der Waals surface area contributed by atoms with Gasteiger partial charge in [-0.1, -0.05) is 12.1 Å². The average Bonchev–Trinajstić information content (AvgIpc) is 3.63. The van der Waals surface area contributed by atoms with Crippen molar-refractivity contribution in [3.8, 4) is 0 Å². The van der Waals surface area contributed by atoms with Crippen molar-refractivity contribution >= 4 is 21.7 Å². The van der Waals surface area contributed by atoms with Crippen LogP contribution in [0.1, 0.15) is 36.8 Å². The average molecular weight is 497 g/mol. The molecule has 0 atom stereocenters. The molecule has 2 heterocycles. The zero-order valence-electron chi connectivity index (χ0n) is 18.6. The highest BCUT2D eigenvalue weighted by Gasteiger charge is 2.31. The van der Waals surface area contributed by atoms with E-state index in [4.69, 9.17) is 0 Å². The molecule has 1 aliphatic carbocycles. The Morgan fingerprint density at radius 3 is 2.38 bits per heavy atom. The van der Waals surface area contributed by atoms with Crippen molar-refractivity contribution in [1.82, 2.24) is 14.6 Å². The normalized spacial score (nSPS) is 17.5. The van der Waals surface area contributed by atoms with Crippen molar-refractivity contribution in [2.75, 3.05) is 31.1 Å². The second-order valence-electron chi connectivity index (χ2n) is 8.66. The fourth-order valence-corrected chi connectivity index (χ4v) is 5.18. The molecular formula is C23H27F3N4O3S. The first-order valence-corrected chi connectivity index (χ1v) is 12.8. The highest BCUT2D eigenvalue weighted by Crippen LogP contribution is 2.29. The molecule has 1 aromatic heterocycles. The van der Waals surface area contributed by atoms with E-state index in [-0.39, 0.29) is 16.8 Å². The van der Waals surface area contributed by atoms with E-state index in [0.29, 0.717) is 51.3 Å². The van der Waals surface area contributed by atoms with Crippen LogP contribution in [-0.4, -0.2) is 56.4 Å². The van der Waals surface area contributed by atoms with Crippen LogP contribution < -0.4 is 9.62 Å². The number of rotatable bonds is 7. The summed E-state index contributed by atoms with van der Waals surface area (Å²) in [5.74, 6) is 0.461. The maximum absolute atomic E-state index is 12.8. The summed E-state index contributed by atoms with van der Waals surface area (Å²) in [7, 11) is -3.49. The molecule has 7 nitrogen and oxygen atoms in total. The first kappa shape index (κ1) is 24.5. The number of anilines is 1. The Morgan fingerprint density at radius 2 is 1.76 bits per heavy atom. The number of sulfonamides is 1. The van der Waals surface area contributed by atoms with Crippen LogP contribution in [0.4, 0.5) is 19.0 Å². The molecule has 0 spiro atoms. The number of alkyl halides is 3. The predicted octanol–water partition coefficient (Wildman–Crippen LogP) is 3.21. The molecule has 2 fully saturated rings. The molecule has 1 aliphatic heterocycles. The maximum atomic E-state index is 12.8. The molecule has 1 saturated heterocycles. The van der Waals surface area contributed by atoms with Crippen LogP contribution in [0.2, 0.25) is 0 Å². The van der Waals surface area contributed by atoms with Crippen molar-refractivity contribution in [1.29, 1.82) is 0 Å². The standard InChI is InChI=1S/C23H27F3N4O3S/c24-23(25,26)18-5-10-21(27-16-18)29-12-1-13-30(15-14-29)22(31)11-4-17-2-8-20(9-3-17)34(32,33)28-19-6-7-19/h2-3,5,8-10,16,19,28H,1,4,6-7,11-15H2. The van der Waals surface area contributed by atoms with E-state index in [1.165, 1.54) is 6.07 Å². The lowest BCUT2D eigenvalue weighted by Crippen LogP contribution is -2.35. The minimum atomic E-state index is -4.42. The highest BCUT2D eigenvalue weighted by atomic mass is 32.2. The molecular weight excluding hydrogens is 469 g/mol. The fraction of sp³-hybridized carbons (Fsp3) is 0.478. The van der Waals surface area contributed by atoms with Gasteiger partial charge in [0.25, 0.3) is 0 Å². The van der Waals surface area contributed by atoms with Crippen molar-refractivity contribution in [3.63, 3.8) is 0 Å². The van der Waals surface area contributed by atoms with Gasteiger partial charge in [-0.3, -0.25) is 4.79 Å². The van der Waals surface area contributed by atoms with Crippen molar-refractivity contribution in [2.24, 2.45) is 0 Å². The maximum Gasteiger partial charge on any atom is 0.417 e. The van der Waals surface area contributed by atoms with Gasteiger partial charge in [0.2, 0.25) is 15.9 Å². The van der Waals surface area contributed by atoms with Gasteiger partial charge in [0.05, 0.1) is 10.5 Å². The van der Waals surface area contributed by atoms with Gasteiger partial charge in [-0.25, -0.2) is 18.1 Å². The Balaban J connectivity index is 1.28. The van der Waals surface area contributed by atoms with E-state index >= 15 is 0 Å². The number of carbonyl (C=O) groups excluding carboxylic acids is 1. The number of halogens is 3. The summed E-state index contributed by atoms with van der Waals surface area (Å²) in [6, 6.07) is 9.02. The Morgan fingerprint density at radius 1 is 1.03 bits per heavy atom. The molecule has 1 N–H and O–H groups in total. The van der Waals surface area contributed by atoms with Crippen molar-refractivity contribution in [2.45, 2.75) is 49.2 Å². The smallest absolute Gasteiger partial charge is 0.355 e. The van der Waals surface area contributed by atoms with E-state index in [9.17, 15) is 26.4 Å². The Hall–Kier alpha value is -2.66. The highest BCUT2D eigenvalue weighted by molar-refractivity contribution is 7.89. The van der Waals surface area contributed by atoms with Crippen LogP contribution in [0.3, 0.4) is 0 Å². The van der Waals surface area contributed by atoms with Crippen molar-refractivity contribution in [3.05, 3.63) is 53.7 Å². The zero-order chi connectivity index (χ0) is 24.3. The molecule has 1 saturated carbocycles. The number of nitrogens with one attached hydrogen (secondary N) is 1. The van der Waals surface area contributed by atoms with Gasteiger partial charge < -0.3 is 9.80 Å². The molecule has 1 aromatic carbocycles. The number of amides is 1. The van der Waals surface area contributed by atoms with Gasteiger partial charge in [0, 0.05) is 44.8 Å². The van der Waals surface area contributed by atoms with Gasteiger partial charge in [-0.15, -0.1) is 0 Å². The fourth-order valence-electron chi connectivity index (χ4n) is 3.87. The van der Waals surface area contributed by atoms with Gasteiger partial charge >= 0.3 is 6.18 Å². The first-order valence-electron chi connectivity index (χ1n) is 11.3. The predicted molar refractivity (Wildman–Crippen MR) is 121 cm³/mol. The van der Waals surface area contributed by atoms with E-state index in [1.807, 2.05) is 4.90 Å². The molecule has 184 valence electrons. The summed E-state index contributed by atoms with van der Waals surface area (Å²) in [5.41, 5.74) is 0.0943. The third kappa shape index (κ3) is 6.26.